The summed E-state index contributed by atoms with van der Waals surface area (Å²) in [6.45, 7) is 4.68. The Labute approximate surface area is 233 Å². The van der Waals surface area contributed by atoms with E-state index in [0.29, 0.717) is 11.0 Å². The zero-order valence-corrected chi connectivity index (χ0v) is 24.6. The Morgan fingerprint density at radius 3 is 2.42 bits per heavy atom. The molecule has 224 valence electrons. The van der Waals surface area contributed by atoms with Crippen LogP contribution < -0.4 is 5.32 Å². The standard InChI is InChI=1S/C18H33ClN2O5S.C4H10NO5P/c1-5-6-10-7-11(21(3)8-10)17(25)20-12(9(2)19)16-14(23)13(22)15(24)18(26-16)27-4;6-4-5(7)2-1-3-11(8,9)10/h9-16,18,22-24H,5-8H2,1-4H3,(H,20,25);4,7H,1-3H2,(H2,8,9,10)/t9-,10+,11-,12+,13-,14+,15+,16+,18+;/m0./s1. The van der Waals surface area contributed by atoms with Gasteiger partial charge in [-0.1, -0.05) is 13.3 Å². The molecular formula is C22H43ClN3O10PS. The van der Waals surface area contributed by atoms with E-state index in [0.717, 1.165) is 25.8 Å². The number of amides is 2. The lowest BCUT2D eigenvalue weighted by atomic mass is 9.92. The minimum Gasteiger partial charge on any atom is -0.388 e. The molecule has 7 N–H and O–H groups in total. The molecule has 0 spiro atoms. The second-order valence-corrected chi connectivity index (χ2v) is 13.1. The van der Waals surface area contributed by atoms with Crippen molar-refractivity contribution in [2.24, 2.45) is 5.92 Å². The highest BCUT2D eigenvalue weighted by molar-refractivity contribution is 7.99. The fourth-order valence-corrected chi connectivity index (χ4v) is 6.04. The second-order valence-electron chi connectivity index (χ2n) is 9.74. The number of carbonyl (C=O) groups is 2. The van der Waals surface area contributed by atoms with Gasteiger partial charge in [-0.05, 0) is 45.4 Å². The molecule has 2 fully saturated rings. The molecule has 0 unspecified atom stereocenters. The molecule has 2 heterocycles. The van der Waals surface area contributed by atoms with E-state index < -0.39 is 48.9 Å². The van der Waals surface area contributed by atoms with Crippen molar-refractivity contribution in [2.75, 3.05) is 32.6 Å². The predicted octanol–water partition coefficient (Wildman–Crippen LogP) is -0.209. The number of halogens is 1. The molecule has 0 aromatic rings. The number of ether oxygens (including phenoxy) is 1. The first kappa shape index (κ1) is 35.5. The Hall–Kier alpha value is -0.510. The summed E-state index contributed by atoms with van der Waals surface area (Å²) in [7, 11) is -2.05. The summed E-state index contributed by atoms with van der Waals surface area (Å²) < 4.78 is 16.0. The molecule has 0 radical (unpaired) electrons. The molecule has 38 heavy (non-hydrogen) atoms. The molecule has 16 heteroatoms. The average molecular weight is 608 g/mol. The first-order valence-electron chi connectivity index (χ1n) is 12.5. The molecule has 2 aliphatic heterocycles. The lowest BCUT2D eigenvalue weighted by Crippen LogP contribution is -2.65. The largest absolute Gasteiger partial charge is 0.388 e. The summed E-state index contributed by atoms with van der Waals surface area (Å²) in [6.07, 6.45) is -0.156. The smallest absolute Gasteiger partial charge is 0.325 e. The Balaban J connectivity index is 0.000000554. The average Bonchev–Trinajstić information content (AvgIpc) is 3.21. The zero-order valence-electron chi connectivity index (χ0n) is 22.2. The van der Waals surface area contributed by atoms with E-state index in [1.54, 1.807) is 13.2 Å². The van der Waals surface area contributed by atoms with Crippen molar-refractivity contribution in [3.63, 3.8) is 0 Å². The molecule has 9 atom stereocenters. The van der Waals surface area contributed by atoms with Gasteiger partial charge in [0.05, 0.1) is 23.6 Å². The monoisotopic (exact) mass is 607 g/mol. The third-order valence-electron chi connectivity index (χ3n) is 6.59. The van der Waals surface area contributed by atoms with Crippen molar-refractivity contribution in [3.05, 3.63) is 0 Å². The van der Waals surface area contributed by atoms with Gasteiger partial charge in [0.1, 0.15) is 29.9 Å². The van der Waals surface area contributed by atoms with E-state index in [-0.39, 0.29) is 37.5 Å². The Morgan fingerprint density at radius 2 is 1.92 bits per heavy atom. The molecule has 2 aliphatic rings. The number of nitrogens with zero attached hydrogens (tertiary/aromatic N) is 2. The quantitative estimate of drug-likeness (QED) is 0.0507. The van der Waals surface area contributed by atoms with E-state index in [1.807, 2.05) is 11.9 Å². The van der Waals surface area contributed by atoms with Gasteiger partial charge in [0.25, 0.3) is 0 Å². The Morgan fingerprint density at radius 1 is 1.29 bits per heavy atom. The van der Waals surface area contributed by atoms with Crippen molar-refractivity contribution in [1.29, 1.82) is 0 Å². The van der Waals surface area contributed by atoms with Gasteiger partial charge in [-0.25, -0.2) is 5.06 Å². The SMILES string of the molecule is CCC[C@@H]1C[C@@H](C(=O)N[C@@H]([C@H]2O[C@H](SC)[C@H](O)[C@@H](O)[C@H]2O)[C@H](C)Cl)N(C)C1.O=CN(O)CCCP(=O)(O)O. The fraction of sp³-hybridized carbons (Fsp3) is 0.909. The van der Waals surface area contributed by atoms with Crippen LogP contribution in [-0.4, -0.2) is 132 Å². The molecule has 0 bridgehead atoms. The summed E-state index contributed by atoms with van der Waals surface area (Å²) >= 11 is 7.55. The number of carbonyl (C=O) groups excluding carboxylic acids is 2. The van der Waals surface area contributed by atoms with Crippen LogP contribution in [0.5, 0.6) is 0 Å². The Kier molecular flexibility index (Phi) is 15.6. The van der Waals surface area contributed by atoms with Gasteiger partial charge in [0.15, 0.2) is 0 Å². The summed E-state index contributed by atoms with van der Waals surface area (Å²) in [5.74, 6) is 0.350. The van der Waals surface area contributed by atoms with Gasteiger partial charge >= 0.3 is 7.60 Å². The maximum absolute atomic E-state index is 12.9. The number of nitrogens with one attached hydrogen (secondary N) is 1. The summed E-state index contributed by atoms with van der Waals surface area (Å²) in [5.41, 5.74) is -0.702. The van der Waals surface area contributed by atoms with Gasteiger partial charge in [-0.15, -0.1) is 23.4 Å². The maximum Gasteiger partial charge on any atom is 0.325 e. The summed E-state index contributed by atoms with van der Waals surface area (Å²) in [6, 6.07) is -0.934. The highest BCUT2D eigenvalue weighted by Crippen LogP contribution is 2.34. The van der Waals surface area contributed by atoms with Crippen LogP contribution in [0.3, 0.4) is 0 Å². The van der Waals surface area contributed by atoms with E-state index >= 15 is 0 Å². The fourth-order valence-electron chi connectivity index (χ4n) is 4.60. The lowest BCUT2D eigenvalue weighted by Gasteiger charge is -2.44. The number of hydrogen-bond acceptors (Lipinski definition) is 10. The third-order valence-corrected chi connectivity index (χ3v) is 8.61. The van der Waals surface area contributed by atoms with Crippen LogP contribution in [0.4, 0.5) is 0 Å². The van der Waals surface area contributed by atoms with Crippen LogP contribution in [0.25, 0.3) is 0 Å². The molecule has 0 saturated carbocycles. The van der Waals surface area contributed by atoms with E-state index in [1.165, 1.54) is 11.8 Å². The molecule has 0 aromatic heterocycles. The van der Waals surface area contributed by atoms with Crippen LogP contribution in [0, 0.1) is 5.92 Å². The Bertz CT molecular complexity index is 780. The zero-order chi connectivity index (χ0) is 29.2. The van der Waals surface area contributed by atoms with E-state index in [4.69, 9.17) is 31.3 Å². The number of likely N-dealkylation sites (tertiary alicyclic amines) is 1. The highest BCUT2D eigenvalue weighted by atomic mass is 35.5. The molecule has 2 amide bonds. The third kappa shape index (κ3) is 11.2. The van der Waals surface area contributed by atoms with Gasteiger partial charge < -0.3 is 35.2 Å². The summed E-state index contributed by atoms with van der Waals surface area (Å²) in [5, 5.41) is 41.8. The topological polar surface area (TPSA) is 200 Å². The molecule has 2 saturated heterocycles. The number of hydroxylamine groups is 2. The maximum atomic E-state index is 12.9. The normalized spacial score (nSPS) is 31.6. The highest BCUT2D eigenvalue weighted by Gasteiger charge is 2.48. The predicted molar refractivity (Wildman–Crippen MR) is 143 cm³/mol. The number of rotatable bonds is 12. The van der Waals surface area contributed by atoms with Crippen molar-refractivity contribution < 1.29 is 49.2 Å². The minimum absolute atomic E-state index is 0.0609. The number of thioether (sulfide) groups is 1. The molecular weight excluding hydrogens is 565 g/mol. The number of likely N-dealkylation sites (N-methyl/N-ethyl adjacent to an activating group) is 1. The first-order chi connectivity index (χ1) is 17.7. The van der Waals surface area contributed by atoms with Crippen LogP contribution in [0.1, 0.15) is 39.5 Å². The number of hydrogen-bond donors (Lipinski definition) is 7. The van der Waals surface area contributed by atoms with Crippen LogP contribution in [0.2, 0.25) is 0 Å². The van der Waals surface area contributed by atoms with Crippen LogP contribution >= 0.6 is 31.0 Å². The summed E-state index contributed by atoms with van der Waals surface area (Å²) in [4.78, 5) is 41.3. The minimum atomic E-state index is -3.99. The van der Waals surface area contributed by atoms with E-state index in [9.17, 15) is 29.5 Å². The number of alkyl halides is 1. The van der Waals surface area contributed by atoms with Gasteiger partial charge in [0.2, 0.25) is 12.3 Å². The van der Waals surface area contributed by atoms with E-state index in [2.05, 4.69) is 12.2 Å². The van der Waals surface area contributed by atoms with Crippen molar-refractivity contribution in [1.82, 2.24) is 15.3 Å². The van der Waals surface area contributed by atoms with Crippen molar-refractivity contribution >= 4 is 43.3 Å². The lowest BCUT2D eigenvalue weighted by molar-refractivity contribution is -0.205. The van der Waals surface area contributed by atoms with Gasteiger partial charge in [0, 0.05) is 13.1 Å². The van der Waals surface area contributed by atoms with Crippen LogP contribution in [0.15, 0.2) is 0 Å². The molecule has 13 nitrogen and oxygen atoms in total. The van der Waals surface area contributed by atoms with Crippen molar-refractivity contribution in [3.8, 4) is 0 Å². The van der Waals surface area contributed by atoms with Crippen LogP contribution in [-0.2, 0) is 18.9 Å². The molecule has 0 aromatic carbocycles. The second kappa shape index (κ2) is 16.7. The number of aliphatic hydroxyl groups is 3. The molecule has 2 rings (SSSR count). The molecule has 0 aliphatic carbocycles. The van der Waals surface area contributed by atoms with Crippen molar-refractivity contribution in [2.45, 2.75) is 86.8 Å². The number of aliphatic hydroxyl groups excluding tert-OH is 3. The van der Waals surface area contributed by atoms with Gasteiger partial charge in [-0.3, -0.25) is 24.3 Å². The first-order valence-corrected chi connectivity index (χ1v) is 16.0. The van der Waals surface area contributed by atoms with Gasteiger partial charge in [-0.2, -0.15) is 0 Å².